The first-order valence-electron chi connectivity index (χ1n) is 8.53. The fraction of sp³-hybridized carbons (Fsp3) is 0.471. The predicted molar refractivity (Wildman–Crippen MR) is 102 cm³/mol. The van der Waals surface area contributed by atoms with Gasteiger partial charge in [0.15, 0.2) is 5.82 Å². The van der Waals surface area contributed by atoms with Crippen LogP contribution in [-0.2, 0) is 4.79 Å². The van der Waals surface area contributed by atoms with Gasteiger partial charge >= 0.3 is 0 Å². The van der Waals surface area contributed by atoms with Crippen LogP contribution in [0.2, 0.25) is 10.0 Å². The van der Waals surface area contributed by atoms with E-state index in [2.05, 4.69) is 25.7 Å². The second-order valence-electron chi connectivity index (χ2n) is 6.27. The quantitative estimate of drug-likeness (QED) is 0.804. The molecule has 0 radical (unpaired) electrons. The first-order chi connectivity index (χ1) is 12.5. The summed E-state index contributed by atoms with van der Waals surface area (Å²) in [4.78, 5) is 18.7. The molecule has 2 heterocycles. The number of piperazine rings is 1. The standard InChI is InChI=1S/C17H21Cl2N5O2/c1-3-4-14(25)21-15-11(7-10(18)8-12(15)19)17-22-16(23-26-17)13-9-20-5-6-24(13)2/h7-8,13,20H,3-6,9H2,1-2H3,(H,21,25). The third-order valence-corrected chi connectivity index (χ3v) is 4.79. The van der Waals surface area contributed by atoms with E-state index in [0.29, 0.717) is 33.5 Å². The van der Waals surface area contributed by atoms with Crippen molar-refractivity contribution in [1.82, 2.24) is 20.4 Å². The van der Waals surface area contributed by atoms with E-state index in [9.17, 15) is 4.79 Å². The number of benzene rings is 1. The lowest BCUT2D eigenvalue weighted by atomic mass is 10.1. The molecule has 9 heteroatoms. The van der Waals surface area contributed by atoms with Crippen molar-refractivity contribution in [2.75, 3.05) is 32.0 Å². The number of anilines is 1. The molecule has 1 saturated heterocycles. The summed E-state index contributed by atoms with van der Waals surface area (Å²) in [5.41, 5.74) is 0.942. The summed E-state index contributed by atoms with van der Waals surface area (Å²) in [5, 5.41) is 11.0. The molecule has 26 heavy (non-hydrogen) atoms. The van der Waals surface area contributed by atoms with E-state index in [4.69, 9.17) is 27.7 Å². The Hall–Kier alpha value is -1.67. The van der Waals surface area contributed by atoms with Gasteiger partial charge in [-0.1, -0.05) is 35.3 Å². The number of aromatic nitrogens is 2. The zero-order valence-corrected chi connectivity index (χ0v) is 16.2. The maximum atomic E-state index is 12.0. The molecule has 2 N–H and O–H groups in total. The van der Waals surface area contributed by atoms with Gasteiger partial charge in [-0.15, -0.1) is 0 Å². The molecule has 7 nitrogen and oxygen atoms in total. The molecular formula is C17H21Cl2N5O2. The van der Waals surface area contributed by atoms with Crippen LogP contribution in [0.3, 0.4) is 0 Å². The molecule has 0 saturated carbocycles. The van der Waals surface area contributed by atoms with Gasteiger partial charge in [-0.05, 0) is 25.6 Å². The highest BCUT2D eigenvalue weighted by Crippen LogP contribution is 2.37. The van der Waals surface area contributed by atoms with Crippen LogP contribution in [0.5, 0.6) is 0 Å². The van der Waals surface area contributed by atoms with Gasteiger partial charge in [-0.25, -0.2) is 0 Å². The second-order valence-corrected chi connectivity index (χ2v) is 7.11. The average Bonchev–Trinajstić information content (AvgIpc) is 3.07. The Morgan fingerprint density at radius 3 is 3.00 bits per heavy atom. The summed E-state index contributed by atoms with van der Waals surface area (Å²) in [5.74, 6) is 0.723. The van der Waals surface area contributed by atoms with Crippen molar-refractivity contribution in [3.05, 3.63) is 28.0 Å². The van der Waals surface area contributed by atoms with Crippen molar-refractivity contribution in [1.29, 1.82) is 0 Å². The molecular weight excluding hydrogens is 377 g/mol. The van der Waals surface area contributed by atoms with E-state index in [-0.39, 0.29) is 17.8 Å². The normalized spacial score (nSPS) is 18.1. The number of rotatable bonds is 5. The molecule has 0 bridgehead atoms. The minimum atomic E-state index is -0.131. The number of halogens is 2. The summed E-state index contributed by atoms with van der Waals surface area (Å²) in [6.45, 7) is 4.50. The molecule has 1 atom stereocenters. The monoisotopic (exact) mass is 397 g/mol. The molecule has 3 rings (SSSR count). The van der Waals surface area contributed by atoms with Gasteiger partial charge in [0.2, 0.25) is 5.91 Å². The van der Waals surface area contributed by atoms with E-state index in [1.807, 2.05) is 14.0 Å². The Morgan fingerprint density at radius 2 is 2.27 bits per heavy atom. The van der Waals surface area contributed by atoms with Gasteiger partial charge in [0.1, 0.15) is 0 Å². The van der Waals surface area contributed by atoms with Crippen LogP contribution in [0.25, 0.3) is 11.5 Å². The topological polar surface area (TPSA) is 83.3 Å². The lowest BCUT2D eigenvalue weighted by Gasteiger charge is -2.30. The minimum Gasteiger partial charge on any atom is -0.334 e. The molecule has 1 aliphatic heterocycles. The van der Waals surface area contributed by atoms with Crippen LogP contribution in [0.4, 0.5) is 5.69 Å². The van der Waals surface area contributed by atoms with E-state index >= 15 is 0 Å². The highest BCUT2D eigenvalue weighted by atomic mass is 35.5. The van der Waals surface area contributed by atoms with Crippen molar-refractivity contribution in [2.45, 2.75) is 25.8 Å². The number of hydrogen-bond acceptors (Lipinski definition) is 6. The Balaban J connectivity index is 1.94. The van der Waals surface area contributed by atoms with Crippen LogP contribution in [-0.4, -0.2) is 47.6 Å². The fourth-order valence-corrected chi connectivity index (χ4v) is 3.41. The average molecular weight is 398 g/mol. The lowest BCUT2D eigenvalue weighted by Crippen LogP contribution is -2.44. The van der Waals surface area contributed by atoms with Crippen LogP contribution >= 0.6 is 23.2 Å². The number of nitrogens with zero attached hydrogens (tertiary/aromatic N) is 3. The third-order valence-electron chi connectivity index (χ3n) is 4.28. The maximum Gasteiger partial charge on any atom is 0.260 e. The van der Waals surface area contributed by atoms with E-state index in [0.717, 1.165) is 26.1 Å². The molecule has 1 aromatic heterocycles. The Morgan fingerprint density at radius 1 is 1.46 bits per heavy atom. The molecule has 1 aliphatic rings. The summed E-state index contributed by atoms with van der Waals surface area (Å²) in [6, 6.07) is 3.26. The molecule has 140 valence electrons. The number of hydrogen-bond donors (Lipinski definition) is 2. The van der Waals surface area contributed by atoms with Crippen molar-refractivity contribution < 1.29 is 9.32 Å². The first kappa shape index (κ1) is 19.1. The molecule has 1 aromatic carbocycles. The maximum absolute atomic E-state index is 12.0. The van der Waals surface area contributed by atoms with Crippen LogP contribution in [0.15, 0.2) is 16.7 Å². The summed E-state index contributed by atoms with van der Waals surface area (Å²) < 4.78 is 5.46. The largest absolute Gasteiger partial charge is 0.334 e. The number of carbonyl (C=O) groups is 1. The van der Waals surface area contributed by atoms with Crippen molar-refractivity contribution in [3.63, 3.8) is 0 Å². The molecule has 1 amide bonds. The molecule has 0 aliphatic carbocycles. The zero-order chi connectivity index (χ0) is 18.7. The highest BCUT2D eigenvalue weighted by Gasteiger charge is 2.26. The van der Waals surface area contributed by atoms with Crippen molar-refractivity contribution in [3.8, 4) is 11.5 Å². The zero-order valence-electron chi connectivity index (χ0n) is 14.7. The second kappa shape index (κ2) is 8.35. The smallest absolute Gasteiger partial charge is 0.260 e. The van der Waals surface area contributed by atoms with E-state index < -0.39 is 0 Å². The van der Waals surface area contributed by atoms with Gasteiger partial charge in [0, 0.05) is 31.1 Å². The van der Waals surface area contributed by atoms with Crippen molar-refractivity contribution >= 4 is 34.8 Å². The number of amides is 1. The third kappa shape index (κ3) is 4.17. The van der Waals surface area contributed by atoms with Gasteiger partial charge in [-0.2, -0.15) is 4.98 Å². The van der Waals surface area contributed by atoms with Crippen LogP contribution < -0.4 is 10.6 Å². The van der Waals surface area contributed by atoms with E-state index in [1.165, 1.54) is 0 Å². The fourth-order valence-electron chi connectivity index (χ4n) is 2.87. The number of likely N-dealkylation sites (N-methyl/N-ethyl adjacent to an activating group) is 1. The summed E-state index contributed by atoms with van der Waals surface area (Å²) in [7, 11) is 2.02. The van der Waals surface area contributed by atoms with Gasteiger partial charge < -0.3 is 15.2 Å². The minimum absolute atomic E-state index is 0.0223. The number of carbonyl (C=O) groups excluding carboxylic acids is 1. The summed E-state index contributed by atoms with van der Waals surface area (Å²) >= 11 is 12.4. The lowest BCUT2D eigenvalue weighted by molar-refractivity contribution is -0.116. The number of nitrogens with one attached hydrogen (secondary N) is 2. The Kier molecular flexibility index (Phi) is 6.13. The Bertz CT molecular complexity index is 795. The Labute approximate surface area is 162 Å². The molecule has 1 unspecified atom stereocenters. The van der Waals surface area contributed by atoms with Gasteiger partial charge in [0.05, 0.1) is 22.3 Å². The van der Waals surface area contributed by atoms with E-state index in [1.54, 1.807) is 12.1 Å². The van der Waals surface area contributed by atoms with Crippen LogP contribution in [0.1, 0.15) is 31.6 Å². The SMILES string of the molecule is CCCC(=O)Nc1c(Cl)cc(Cl)cc1-c1nc(C2CNCCN2C)no1. The van der Waals surface area contributed by atoms with Gasteiger partial charge in [0.25, 0.3) is 5.89 Å². The molecule has 0 spiro atoms. The van der Waals surface area contributed by atoms with Crippen molar-refractivity contribution in [2.24, 2.45) is 0 Å². The molecule has 1 fully saturated rings. The van der Waals surface area contributed by atoms with Crippen LogP contribution in [0, 0.1) is 0 Å². The first-order valence-corrected chi connectivity index (χ1v) is 9.29. The molecule has 2 aromatic rings. The predicted octanol–water partition coefficient (Wildman–Crippen LogP) is 3.36. The van der Waals surface area contributed by atoms with Gasteiger partial charge in [-0.3, -0.25) is 9.69 Å². The summed E-state index contributed by atoms with van der Waals surface area (Å²) in [6.07, 6.45) is 1.13. The highest BCUT2D eigenvalue weighted by molar-refractivity contribution is 6.37.